The average molecular weight is 254 g/mol. The summed E-state index contributed by atoms with van der Waals surface area (Å²) in [5.74, 6) is -1.99. The van der Waals surface area contributed by atoms with Crippen LogP contribution in [-0.4, -0.2) is 18.8 Å². The number of ether oxygens (including phenoxy) is 1. The lowest BCUT2D eigenvalue weighted by Crippen LogP contribution is -2.12. The molecule has 0 aliphatic rings. The summed E-state index contributed by atoms with van der Waals surface area (Å²) in [6.07, 6.45) is -5.08. The van der Waals surface area contributed by atoms with E-state index in [1.54, 1.807) is 6.92 Å². The third-order valence-corrected chi connectivity index (χ3v) is 1.99. The topological polar surface area (TPSA) is 26.3 Å². The second kappa shape index (κ2) is 6.42. The number of alkyl halides is 3. The van der Waals surface area contributed by atoms with E-state index >= 15 is 0 Å². The summed E-state index contributed by atoms with van der Waals surface area (Å²) >= 11 is 0. The molecule has 0 aliphatic carbocycles. The first-order valence-electron chi connectivity index (χ1n) is 4.97. The zero-order valence-electron chi connectivity index (χ0n) is 9.66. The van der Waals surface area contributed by atoms with Crippen molar-refractivity contribution in [3.8, 4) is 0 Å². The molecule has 0 aromatic carbocycles. The monoisotopic (exact) mass is 254 g/mol. The molecule has 2 nitrogen and oxygen atoms in total. The van der Waals surface area contributed by atoms with Gasteiger partial charge >= 0.3 is 12.1 Å². The molecule has 0 fully saturated rings. The molecule has 0 saturated carbocycles. The Morgan fingerprint density at radius 3 is 2.24 bits per heavy atom. The predicted octanol–water partition coefficient (Wildman–Crippen LogP) is 3.69. The third-order valence-electron chi connectivity index (χ3n) is 1.99. The van der Waals surface area contributed by atoms with Crippen molar-refractivity contribution in [2.75, 3.05) is 6.61 Å². The number of allylic oxidation sites excluding steroid dienone is 3. The SMILES string of the molecule is C=C(/C(F)=C(\C)CCC(=O)OCC)C(F)(F)F. The number of esters is 1. The quantitative estimate of drug-likeness (QED) is 0.425. The van der Waals surface area contributed by atoms with E-state index in [1.165, 1.54) is 6.92 Å². The molecular weight excluding hydrogens is 240 g/mol. The lowest BCUT2D eigenvalue weighted by Gasteiger charge is -2.10. The molecule has 0 aromatic heterocycles. The maximum absolute atomic E-state index is 13.2. The molecule has 0 amide bonds. The minimum absolute atomic E-state index is 0.125. The lowest BCUT2D eigenvalue weighted by atomic mass is 10.1. The van der Waals surface area contributed by atoms with E-state index in [4.69, 9.17) is 0 Å². The minimum Gasteiger partial charge on any atom is -0.466 e. The molecule has 98 valence electrons. The van der Waals surface area contributed by atoms with Gasteiger partial charge in [-0.15, -0.1) is 0 Å². The molecule has 0 spiro atoms. The minimum atomic E-state index is -4.80. The summed E-state index contributed by atoms with van der Waals surface area (Å²) in [5, 5.41) is 0. The van der Waals surface area contributed by atoms with E-state index in [-0.39, 0.29) is 25.0 Å². The normalized spacial score (nSPS) is 13.1. The van der Waals surface area contributed by atoms with E-state index in [9.17, 15) is 22.4 Å². The molecule has 17 heavy (non-hydrogen) atoms. The molecule has 0 heterocycles. The highest BCUT2D eigenvalue weighted by molar-refractivity contribution is 5.69. The van der Waals surface area contributed by atoms with Crippen LogP contribution in [0.3, 0.4) is 0 Å². The van der Waals surface area contributed by atoms with Gasteiger partial charge in [0.1, 0.15) is 5.83 Å². The van der Waals surface area contributed by atoms with E-state index in [1.807, 2.05) is 0 Å². The van der Waals surface area contributed by atoms with Gasteiger partial charge in [0.2, 0.25) is 0 Å². The van der Waals surface area contributed by atoms with Crippen LogP contribution in [-0.2, 0) is 9.53 Å². The van der Waals surface area contributed by atoms with Crippen molar-refractivity contribution in [3.05, 3.63) is 23.6 Å². The zero-order chi connectivity index (χ0) is 13.6. The number of rotatable bonds is 5. The Morgan fingerprint density at radius 2 is 1.82 bits per heavy atom. The predicted molar refractivity (Wildman–Crippen MR) is 54.9 cm³/mol. The number of hydrogen-bond donors (Lipinski definition) is 0. The second-order valence-electron chi connectivity index (χ2n) is 3.38. The Kier molecular flexibility index (Phi) is 5.91. The van der Waals surface area contributed by atoms with Gasteiger partial charge in [-0.05, 0) is 25.8 Å². The van der Waals surface area contributed by atoms with E-state index in [0.717, 1.165) is 0 Å². The molecule has 6 heteroatoms. The molecule has 0 aliphatic heterocycles. The standard InChI is InChI=1S/C11H14F4O2/c1-4-17-9(16)6-5-7(2)10(12)8(3)11(13,14)15/h3-6H2,1-2H3/b10-7-. The van der Waals surface area contributed by atoms with Gasteiger partial charge in [-0.25, -0.2) is 4.39 Å². The van der Waals surface area contributed by atoms with Crippen LogP contribution in [0.25, 0.3) is 0 Å². The van der Waals surface area contributed by atoms with Crippen molar-refractivity contribution in [2.24, 2.45) is 0 Å². The van der Waals surface area contributed by atoms with Crippen molar-refractivity contribution in [2.45, 2.75) is 32.9 Å². The van der Waals surface area contributed by atoms with E-state index < -0.39 is 23.5 Å². The van der Waals surface area contributed by atoms with Gasteiger partial charge in [-0.2, -0.15) is 13.2 Å². The summed E-state index contributed by atoms with van der Waals surface area (Å²) in [5.41, 5.74) is -1.70. The van der Waals surface area contributed by atoms with Gasteiger partial charge in [0.15, 0.2) is 0 Å². The Labute approximate surface area is 96.9 Å². The second-order valence-corrected chi connectivity index (χ2v) is 3.38. The van der Waals surface area contributed by atoms with Crippen molar-refractivity contribution >= 4 is 5.97 Å². The van der Waals surface area contributed by atoms with Crippen LogP contribution in [0.4, 0.5) is 17.6 Å². The summed E-state index contributed by atoms with van der Waals surface area (Å²) in [6, 6.07) is 0. The van der Waals surface area contributed by atoms with Gasteiger partial charge in [0.25, 0.3) is 0 Å². The van der Waals surface area contributed by atoms with Crippen LogP contribution >= 0.6 is 0 Å². The highest BCUT2D eigenvalue weighted by atomic mass is 19.4. The highest BCUT2D eigenvalue weighted by Crippen LogP contribution is 2.32. The number of halogens is 4. The molecule has 0 bridgehead atoms. The van der Waals surface area contributed by atoms with E-state index in [0.29, 0.717) is 0 Å². The smallest absolute Gasteiger partial charge is 0.418 e. The molecule has 0 N–H and O–H groups in total. The highest BCUT2D eigenvalue weighted by Gasteiger charge is 2.35. The van der Waals surface area contributed by atoms with Crippen LogP contribution in [0.15, 0.2) is 23.6 Å². The molecule has 0 rings (SSSR count). The van der Waals surface area contributed by atoms with E-state index in [2.05, 4.69) is 11.3 Å². The number of hydrogen-bond acceptors (Lipinski definition) is 2. The van der Waals surface area contributed by atoms with Gasteiger partial charge in [0.05, 0.1) is 12.2 Å². The van der Waals surface area contributed by atoms with Crippen molar-refractivity contribution < 1.29 is 27.1 Å². The first-order chi connectivity index (χ1) is 7.70. The van der Waals surface area contributed by atoms with Crippen LogP contribution in [0, 0.1) is 0 Å². The molecule has 0 aromatic rings. The first kappa shape index (κ1) is 15.7. The summed E-state index contributed by atoms with van der Waals surface area (Å²) in [7, 11) is 0. The fourth-order valence-electron chi connectivity index (χ4n) is 1.01. The van der Waals surface area contributed by atoms with Crippen LogP contribution in [0.2, 0.25) is 0 Å². The molecule has 0 saturated heterocycles. The zero-order valence-corrected chi connectivity index (χ0v) is 9.66. The fraction of sp³-hybridized carbons (Fsp3) is 0.545. The molecule has 0 radical (unpaired) electrons. The Bertz CT molecular complexity index is 329. The van der Waals surface area contributed by atoms with Crippen LogP contribution in [0.5, 0.6) is 0 Å². The Balaban J connectivity index is 4.51. The summed E-state index contributed by atoms with van der Waals surface area (Å²) in [6.45, 7) is 5.61. The van der Waals surface area contributed by atoms with Crippen molar-refractivity contribution in [1.82, 2.24) is 0 Å². The first-order valence-corrected chi connectivity index (χ1v) is 4.97. The van der Waals surface area contributed by atoms with Gasteiger partial charge in [0, 0.05) is 6.42 Å². The summed E-state index contributed by atoms with van der Waals surface area (Å²) < 4.78 is 54.1. The maximum atomic E-state index is 13.2. The van der Waals surface area contributed by atoms with Crippen LogP contribution in [0.1, 0.15) is 26.7 Å². The van der Waals surface area contributed by atoms with Crippen LogP contribution < -0.4 is 0 Å². The molecule has 0 atom stereocenters. The molecular formula is C11H14F4O2. The molecule has 0 unspecified atom stereocenters. The third kappa shape index (κ3) is 5.51. The van der Waals surface area contributed by atoms with Gasteiger partial charge in [-0.1, -0.05) is 6.58 Å². The maximum Gasteiger partial charge on any atom is 0.418 e. The van der Waals surface area contributed by atoms with Gasteiger partial charge in [-0.3, -0.25) is 4.79 Å². The fourth-order valence-corrected chi connectivity index (χ4v) is 1.01. The number of carbonyl (C=O) groups excluding carboxylic acids is 1. The lowest BCUT2D eigenvalue weighted by molar-refractivity contribution is -0.143. The Hall–Kier alpha value is -1.33. The van der Waals surface area contributed by atoms with Crippen molar-refractivity contribution in [1.29, 1.82) is 0 Å². The van der Waals surface area contributed by atoms with Gasteiger partial charge < -0.3 is 4.74 Å². The average Bonchev–Trinajstić information content (AvgIpc) is 2.23. The van der Waals surface area contributed by atoms with Crippen molar-refractivity contribution in [3.63, 3.8) is 0 Å². The largest absolute Gasteiger partial charge is 0.466 e. The summed E-state index contributed by atoms with van der Waals surface area (Å²) in [4.78, 5) is 10.9. The Morgan fingerprint density at radius 1 is 1.29 bits per heavy atom. The number of carbonyl (C=O) groups is 1.